The normalized spacial score (nSPS) is 10.7. The first-order valence-electron chi connectivity index (χ1n) is 8.24. The Balaban J connectivity index is 2.01. The number of aromatic nitrogens is 3. The van der Waals surface area contributed by atoms with Crippen molar-refractivity contribution in [1.29, 1.82) is 0 Å². The maximum absolute atomic E-state index is 13.1. The van der Waals surface area contributed by atoms with Crippen molar-refractivity contribution in [2.24, 2.45) is 0 Å². The van der Waals surface area contributed by atoms with Gasteiger partial charge < -0.3 is 4.74 Å². The molecule has 0 saturated heterocycles. The molecule has 0 unspecified atom stereocenters. The third-order valence-electron chi connectivity index (χ3n) is 3.68. The van der Waals surface area contributed by atoms with Gasteiger partial charge in [0.15, 0.2) is 5.82 Å². The quantitative estimate of drug-likeness (QED) is 0.592. The van der Waals surface area contributed by atoms with Gasteiger partial charge in [-0.2, -0.15) is 9.67 Å². The monoisotopic (exact) mass is 373 g/mol. The Kier molecular flexibility index (Phi) is 5.63. The Hall–Kier alpha value is -2.73. The molecule has 0 atom stereocenters. The summed E-state index contributed by atoms with van der Waals surface area (Å²) >= 11 is 6.05. The highest BCUT2D eigenvalue weighted by Gasteiger charge is 2.20. The number of ether oxygens (including phenoxy) is 1. The highest BCUT2D eigenvalue weighted by atomic mass is 35.5. The molecule has 7 heteroatoms. The zero-order valence-electron chi connectivity index (χ0n) is 14.2. The van der Waals surface area contributed by atoms with Crippen LogP contribution in [0.15, 0.2) is 48.5 Å². The minimum absolute atomic E-state index is 0.115. The molecule has 0 N–H and O–H groups in total. The Morgan fingerprint density at radius 3 is 2.69 bits per heavy atom. The van der Waals surface area contributed by atoms with Crippen molar-refractivity contribution in [3.8, 4) is 17.4 Å². The van der Waals surface area contributed by atoms with E-state index >= 15 is 0 Å². The van der Waals surface area contributed by atoms with Crippen LogP contribution >= 0.6 is 11.6 Å². The molecular formula is C19H17ClFN3O2. The van der Waals surface area contributed by atoms with Gasteiger partial charge in [-0.05, 0) is 42.8 Å². The van der Waals surface area contributed by atoms with E-state index in [9.17, 15) is 9.18 Å². The maximum Gasteiger partial charge on any atom is 0.336 e. The van der Waals surface area contributed by atoms with E-state index in [0.717, 1.165) is 17.5 Å². The Bertz CT molecular complexity index is 909. The molecule has 0 aliphatic rings. The summed E-state index contributed by atoms with van der Waals surface area (Å²) in [5, 5.41) is 4.70. The van der Waals surface area contributed by atoms with Crippen LogP contribution in [0.2, 0.25) is 5.02 Å². The van der Waals surface area contributed by atoms with Crippen molar-refractivity contribution in [1.82, 2.24) is 14.8 Å². The average molecular weight is 374 g/mol. The van der Waals surface area contributed by atoms with Crippen molar-refractivity contribution in [2.45, 2.75) is 19.8 Å². The lowest BCUT2D eigenvalue weighted by atomic mass is 10.2. The Morgan fingerprint density at radius 1 is 1.23 bits per heavy atom. The fraction of sp³-hybridized carbons (Fsp3) is 0.211. The number of hydrogen-bond donors (Lipinski definition) is 0. The number of carbonyl (C=O) groups excluding carboxylic acids is 1. The summed E-state index contributed by atoms with van der Waals surface area (Å²) in [6, 6.07) is 12.3. The molecule has 0 fully saturated rings. The molecule has 3 aromatic rings. The van der Waals surface area contributed by atoms with Crippen LogP contribution in [0.25, 0.3) is 11.4 Å². The number of benzene rings is 2. The maximum atomic E-state index is 13.1. The summed E-state index contributed by atoms with van der Waals surface area (Å²) in [5.74, 6) is -0.537. The minimum Gasteiger partial charge on any atom is -0.462 e. The van der Waals surface area contributed by atoms with E-state index in [1.807, 2.05) is 6.92 Å². The lowest BCUT2D eigenvalue weighted by Gasteiger charge is -2.05. The number of carbonyl (C=O) groups is 1. The molecule has 0 bridgehead atoms. The number of nitrogens with zero attached hydrogens (tertiary/aromatic N) is 3. The molecular weight excluding hydrogens is 357 g/mol. The van der Waals surface area contributed by atoms with Crippen molar-refractivity contribution in [2.75, 3.05) is 6.61 Å². The molecule has 0 amide bonds. The lowest BCUT2D eigenvalue weighted by molar-refractivity contribution is 0.0944. The van der Waals surface area contributed by atoms with Gasteiger partial charge in [-0.15, -0.1) is 5.10 Å². The van der Waals surface area contributed by atoms with E-state index in [-0.39, 0.29) is 6.01 Å². The number of unbranched alkanes of at least 4 members (excludes halogenated alkanes) is 1. The molecule has 0 aliphatic carbocycles. The van der Waals surface area contributed by atoms with Gasteiger partial charge in [0.1, 0.15) is 5.82 Å². The van der Waals surface area contributed by atoms with Gasteiger partial charge in [0.2, 0.25) is 0 Å². The average Bonchev–Trinajstić information content (AvgIpc) is 3.06. The summed E-state index contributed by atoms with van der Waals surface area (Å²) in [4.78, 5) is 17.2. The predicted molar refractivity (Wildman–Crippen MR) is 97.0 cm³/mol. The summed E-state index contributed by atoms with van der Waals surface area (Å²) in [6.45, 7) is 2.51. The van der Waals surface area contributed by atoms with Crippen LogP contribution in [0.4, 0.5) is 4.39 Å². The van der Waals surface area contributed by atoms with E-state index in [0.29, 0.717) is 28.6 Å². The third-order valence-corrected chi connectivity index (χ3v) is 3.92. The van der Waals surface area contributed by atoms with Crippen LogP contribution in [-0.2, 0) is 0 Å². The number of rotatable bonds is 6. The predicted octanol–water partition coefficient (Wildman–Crippen LogP) is 4.61. The lowest BCUT2D eigenvalue weighted by Crippen LogP contribution is -2.15. The first kappa shape index (κ1) is 18.1. The van der Waals surface area contributed by atoms with Crippen LogP contribution in [0.1, 0.15) is 30.1 Å². The van der Waals surface area contributed by atoms with Crippen molar-refractivity contribution in [3.63, 3.8) is 0 Å². The Morgan fingerprint density at radius 2 is 2.00 bits per heavy atom. The first-order valence-corrected chi connectivity index (χ1v) is 8.62. The topological polar surface area (TPSA) is 57.0 Å². The van der Waals surface area contributed by atoms with E-state index in [1.165, 1.54) is 24.3 Å². The third kappa shape index (κ3) is 4.08. The molecule has 3 rings (SSSR count). The molecule has 0 aliphatic heterocycles. The van der Waals surface area contributed by atoms with Crippen molar-refractivity contribution in [3.05, 3.63) is 64.9 Å². The van der Waals surface area contributed by atoms with Gasteiger partial charge in [0.25, 0.3) is 5.91 Å². The molecule has 0 spiro atoms. The van der Waals surface area contributed by atoms with Crippen LogP contribution < -0.4 is 4.74 Å². The molecule has 0 saturated carbocycles. The second-order valence-corrected chi connectivity index (χ2v) is 6.09. The highest BCUT2D eigenvalue weighted by molar-refractivity contribution is 6.30. The smallest absolute Gasteiger partial charge is 0.336 e. The zero-order chi connectivity index (χ0) is 18.5. The SMILES string of the molecule is CCCCOc1nc(-c2cccc(Cl)c2)n(C(=O)c2ccc(F)cc2)n1. The number of hydrogen-bond acceptors (Lipinski definition) is 4. The summed E-state index contributed by atoms with van der Waals surface area (Å²) in [6.07, 6.45) is 1.82. The minimum atomic E-state index is -0.433. The van der Waals surface area contributed by atoms with Crippen LogP contribution in [0.5, 0.6) is 6.01 Å². The van der Waals surface area contributed by atoms with Gasteiger partial charge in [0.05, 0.1) is 6.61 Å². The second kappa shape index (κ2) is 8.10. The summed E-state index contributed by atoms with van der Waals surface area (Å²) < 4.78 is 19.8. The van der Waals surface area contributed by atoms with Gasteiger partial charge in [-0.1, -0.05) is 37.1 Å². The molecule has 1 heterocycles. The summed E-state index contributed by atoms with van der Waals surface area (Å²) in [7, 11) is 0. The Labute approximate surface area is 155 Å². The standard InChI is InChI=1S/C19H17ClFN3O2/c1-2-3-11-26-19-22-17(14-5-4-6-15(20)12-14)24(23-19)18(25)13-7-9-16(21)10-8-13/h4-10,12H,2-3,11H2,1H3. The highest BCUT2D eigenvalue weighted by Crippen LogP contribution is 2.24. The van der Waals surface area contributed by atoms with E-state index in [4.69, 9.17) is 16.3 Å². The van der Waals surface area contributed by atoms with Crippen molar-refractivity contribution >= 4 is 17.5 Å². The fourth-order valence-electron chi connectivity index (χ4n) is 2.33. The van der Waals surface area contributed by atoms with E-state index in [1.54, 1.807) is 24.3 Å². The van der Waals surface area contributed by atoms with E-state index in [2.05, 4.69) is 10.1 Å². The van der Waals surface area contributed by atoms with Gasteiger partial charge >= 0.3 is 6.01 Å². The molecule has 5 nitrogen and oxygen atoms in total. The van der Waals surface area contributed by atoms with Gasteiger partial charge in [-0.25, -0.2) is 4.39 Å². The van der Waals surface area contributed by atoms with Crippen LogP contribution in [0, 0.1) is 5.82 Å². The van der Waals surface area contributed by atoms with Crippen LogP contribution in [-0.4, -0.2) is 27.3 Å². The number of halogens is 2. The molecule has 1 aromatic heterocycles. The first-order chi connectivity index (χ1) is 12.6. The zero-order valence-corrected chi connectivity index (χ0v) is 14.9. The van der Waals surface area contributed by atoms with Gasteiger partial charge in [0, 0.05) is 16.1 Å². The van der Waals surface area contributed by atoms with Gasteiger partial charge in [-0.3, -0.25) is 4.79 Å². The molecule has 0 radical (unpaired) electrons. The van der Waals surface area contributed by atoms with Crippen molar-refractivity contribution < 1.29 is 13.9 Å². The van der Waals surface area contributed by atoms with E-state index < -0.39 is 11.7 Å². The van der Waals surface area contributed by atoms with Crippen LogP contribution in [0.3, 0.4) is 0 Å². The largest absolute Gasteiger partial charge is 0.462 e. The summed E-state index contributed by atoms with van der Waals surface area (Å²) in [5.41, 5.74) is 0.922. The molecule has 2 aromatic carbocycles. The molecule has 134 valence electrons. The molecule has 26 heavy (non-hydrogen) atoms. The second-order valence-electron chi connectivity index (χ2n) is 5.65. The fourth-order valence-corrected chi connectivity index (χ4v) is 2.52.